The van der Waals surface area contributed by atoms with E-state index in [9.17, 15) is 9.59 Å². The maximum atomic E-state index is 12.3. The van der Waals surface area contributed by atoms with Crippen LogP contribution in [0.1, 0.15) is 43.1 Å². The maximum absolute atomic E-state index is 12.3. The minimum atomic E-state index is -0.554. The summed E-state index contributed by atoms with van der Waals surface area (Å²) >= 11 is 0. The molecule has 0 bridgehead atoms. The van der Waals surface area contributed by atoms with Gasteiger partial charge >= 0.3 is 0 Å². The predicted molar refractivity (Wildman–Crippen MR) is 132 cm³/mol. The largest absolute Gasteiger partial charge is 0.352 e. The van der Waals surface area contributed by atoms with Gasteiger partial charge < -0.3 is 20.4 Å². The molecular weight excluding hydrogens is 428 g/mol. The maximum Gasteiger partial charge on any atom is 0.251 e. The summed E-state index contributed by atoms with van der Waals surface area (Å²) in [6, 6.07) is 13.2. The second kappa shape index (κ2) is 8.30. The highest BCUT2D eigenvalue weighted by Crippen LogP contribution is 2.39. The highest BCUT2D eigenvalue weighted by molar-refractivity contribution is 6.06. The highest BCUT2D eigenvalue weighted by atomic mass is 16.2. The van der Waals surface area contributed by atoms with Crippen molar-refractivity contribution in [2.24, 2.45) is 0 Å². The van der Waals surface area contributed by atoms with E-state index in [0.717, 1.165) is 34.6 Å². The van der Waals surface area contributed by atoms with Gasteiger partial charge in [0.1, 0.15) is 0 Å². The zero-order valence-corrected chi connectivity index (χ0v) is 19.3. The van der Waals surface area contributed by atoms with Gasteiger partial charge in [-0.3, -0.25) is 9.59 Å². The Kier molecular flexibility index (Phi) is 5.28. The second-order valence-corrected chi connectivity index (χ2v) is 8.93. The van der Waals surface area contributed by atoms with Gasteiger partial charge in [-0.15, -0.1) is 0 Å². The van der Waals surface area contributed by atoms with Crippen LogP contribution in [-0.4, -0.2) is 32.7 Å². The van der Waals surface area contributed by atoms with Crippen molar-refractivity contribution in [2.75, 3.05) is 17.2 Å². The molecule has 0 radical (unpaired) electrons. The summed E-state index contributed by atoms with van der Waals surface area (Å²) in [5.41, 5.74) is 4.95. The Morgan fingerprint density at radius 1 is 1.15 bits per heavy atom. The molecule has 1 aliphatic rings. The molecule has 0 saturated carbocycles. The SMILES string of the molecule is CCCNC(=O)c1ccc(Nc2nc(-c3ccc4c(c3)NC(=O)C4(C)C)cn3ccnc23)cc1. The number of fused-ring (bicyclic) bond motifs is 2. The van der Waals surface area contributed by atoms with Gasteiger partial charge in [0, 0.05) is 47.6 Å². The average Bonchev–Trinajstić information content (AvgIpc) is 3.40. The van der Waals surface area contributed by atoms with E-state index >= 15 is 0 Å². The normalized spacial score (nSPS) is 14.0. The van der Waals surface area contributed by atoms with E-state index in [4.69, 9.17) is 4.98 Å². The van der Waals surface area contributed by atoms with Crippen LogP contribution in [0.15, 0.2) is 61.1 Å². The molecule has 2 aromatic heterocycles. The van der Waals surface area contributed by atoms with Crippen LogP contribution in [-0.2, 0) is 10.2 Å². The van der Waals surface area contributed by atoms with Gasteiger partial charge in [0.05, 0.1) is 11.1 Å². The number of nitrogens with one attached hydrogen (secondary N) is 3. The van der Waals surface area contributed by atoms with E-state index in [2.05, 4.69) is 20.9 Å². The summed E-state index contributed by atoms with van der Waals surface area (Å²) in [4.78, 5) is 33.8. The topological polar surface area (TPSA) is 100 Å². The Hall–Kier alpha value is -4.20. The van der Waals surface area contributed by atoms with Crippen LogP contribution in [0.25, 0.3) is 16.9 Å². The quantitative estimate of drug-likeness (QED) is 0.398. The number of rotatable bonds is 6. The molecule has 0 spiro atoms. The van der Waals surface area contributed by atoms with Crippen LogP contribution in [0.5, 0.6) is 0 Å². The molecule has 2 amide bonds. The number of aromatic nitrogens is 3. The van der Waals surface area contributed by atoms with Crippen molar-refractivity contribution in [1.29, 1.82) is 0 Å². The van der Waals surface area contributed by atoms with Crippen LogP contribution in [0.4, 0.5) is 17.2 Å². The number of hydrogen-bond donors (Lipinski definition) is 3. The smallest absolute Gasteiger partial charge is 0.251 e. The number of benzene rings is 2. The van der Waals surface area contributed by atoms with Gasteiger partial charge in [-0.05, 0) is 56.2 Å². The molecule has 0 fully saturated rings. The Labute approximate surface area is 197 Å². The van der Waals surface area contributed by atoms with Crippen LogP contribution in [0, 0.1) is 0 Å². The van der Waals surface area contributed by atoms with Crippen LogP contribution < -0.4 is 16.0 Å². The molecule has 0 aliphatic carbocycles. The van der Waals surface area contributed by atoms with Crippen molar-refractivity contribution in [3.8, 4) is 11.3 Å². The molecule has 0 saturated heterocycles. The molecule has 34 heavy (non-hydrogen) atoms. The molecule has 3 heterocycles. The second-order valence-electron chi connectivity index (χ2n) is 8.93. The van der Waals surface area contributed by atoms with Crippen LogP contribution in [0.3, 0.4) is 0 Å². The van der Waals surface area contributed by atoms with E-state index in [1.165, 1.54) is 0 Å². The molecule has 0 atom stereocenters. The summed E-state index contributed by atoms with van der Waals surface area (Å²) in [6.45, 7) is 6.51. The Morgan fingerprint density at radius 3 is 2.71 bits per heavy atom. The summed E-state index contributed by atoms with van der Waals surface area (Å²) in [6.07, 6.45) is 6.39. The van der Waals surface area contributed by atoms with Crippen molar-refractivity contribution in [3.63, 3.8) is 0 Å². The van der Waals surface area contributed by atoms with Crippen molar-refractivity contribution in [1.82, 2.24) is 19.7 Å². The lowest BCUT2D eigenvalue weighted by atomic mass is 9.86. The van der Waals surface area contributed by atoms with Crippen molar-refractivity contribution < 1.29 is 9.59 Å². The Bertz CT molecular complexity index is 1400. The Balaban J connectivity index is 1.46. The zero-order chi connectivity index (χ0) is 23.9. The molecule has 172 valence electrons. The van der Waals surface area contributed by atoms with E-state index < -0.39 is 5.41 Å². The fourth-order valence-corrected chi connectivity index (χ4v) is 4.09. The summed E-state index contributed by atoms with van der Waals surface area (Å²) in [7, 11) is 0. The summed E-state index contributed by atoms with van der Waals surface area (Å²) in [5, 5.41) is 9.18. The minimum Gasteiger partial charge on any atom is -0.352 e. The zero-order valence-electron chi connectivity index (χ0n) is 19.3. The van der Waals surface area contributed by atoms with Gasteiger partial charge in [-0.2, -0.15) is 0 Å². The first-order valence-electron chi connectivity index (χ1n) is 11.3. The molecule has 8 heteroatoms. The first-order chi connectivity index (χ1) is 16.4. The lowest BCUT2D eigenvalue weighted by Crippen LogP contribution is -2.26. The molecule has 3 N–H and O–H groups in total. The number of hydrogen-bond acceptors (Lipinski definition) is 5. The van der Waals surface area contributed by atoms with Gasteiger partial charge in [0.2, 0.25) is 5.91 Å². The third kappa shape index (κ3) is 3.77. The first-order valence-corrected chi connectivity index (χ1v) is 11.3. The minimum absolute atomic E-state index is 0.00755. The summed E-state index contributed by atoms with van der Waals surface area (Å²) in [5.74, 6) is 0.499. The molecule has 8 nitrogen and oxygen atoms in total. The molecule has 5 rings (SSSR count). The van der Waals surface area contributed by atoms with E-state index in [0.29, 0.717) is 23.6 Å². The number of carbonyl (C=O) groups excluding carboxylic acids is 2. The fraction of sp³-hybridized carbons (Fsp3) is 0.231. The molecular formula is C26H26N6O2. The lowest BCUT2D eigenvalue weighted by Gasteiger charge is -2.15. The standard InChI is InChI=1S/C26H26N6O2/c1-4-11-28-24(33)16-5-8-18(9-6-16)29-22-23-27-12-13-32(23)15-21(30-22)17-7-10-19-20(14-17)31-25(34)26(19,2)3/h5-10,12-15H,4,11H2,1-3H3,(H,28,33)(H,29,30)(H,31,34). The van der Waals surface area contributed by atoms with Gasteiger partial charge in [0.15, 0.2) is 11.5 Å². The van der Waals surface area contributed by atoms with Crippen molar-refractivity contribution >= 4 is 34.7 Å². The Morgan fingerprint density at radius 2 is 1.94 bits per heavy atom. The first kappa shape index (κ1) is 21.6. The monoisotopic (exact) mass is 454 g/mol. The van der Waals surface area contributed by atoms with E-state index in [-0.39, 0.29) is 11.8 Å². The number of nitrogens with zero attached hydrogens (tertiary/aromatic N) is 3. The van der Waals surface area contributed by atoms with Crippen molar-refractivity contribution in [2.45, 2.75) is 32.6 Å². The number of imidazole rings is 1. The van der Waals surface area contributed by atoms with Crippen molar-refractivity contribution in [3.05, 3.63) is 72.2 Å². The van der Waals surface area contributed by atoms with Crippen LogP contribution >= 0.6 is 0 Å². The number of carbonyl (C=O) groups is 2. The average molecular weight is 455 g/mol. The molecule has 2 aromatic carbocycles. The predicted octanol–water partition coefficient (Wildman–Crippen LogP) is 4.51. The van der Waals surface area contributed by atoms with Gasteiger partial charge in [-0.25, -0.2) is 9.97 Å². The fourth-order valence-electron chi connectivity index (χ4n) is 4.09. The third-order valence-electron chi connectivity index (χ3n) is 6.12. The summed E-state index contributed by atoms with van der Waals surface area (Å²) < 4.78 is 1.91. The van der Waals surface area contributed by atoms with Crippen LogP contribution in [0.2, 0.25) is 0 Å². The lowest BCUT2D eigenvalue weighted by molar-refractivity contribution is -0.119. The van der Waals surface area contributed by atoms with E-state index in [1.54, 1.807) is 18.3 Å². The number of amides is 2. The highest BCUT2D eigenvalue weighted by Gasteiger charge is 2.38. The molecule has 4 aromatic rings. The molecule has 1 aliphatic heterocycles. The van der Waals surface area contributed by atoms with E-state index in [1.807, 2.05) is 67.9 Å². The van der Waals surface area contributed by atoms with Gasteiger partial charge in [-0.1, -0.05) is 19.1 Å². The molecule has 0 unspecified atom stereocenters. The third-order valence-corrected chi connectivity index (χ3v) is 6.12. The number of anilines is 3. The van der Waals surface area contributed by atoms with Gasteiger partial charge in [0.25, 0.3) is 5.91 Å².